The maximum atomic E-state index is 9.00. The standard InChI is InChI=1S/C12H12OS/c1-9(13)6-7-11-8-10-4-2-3-5-12(10)14-11/h2-5,8,13H,1,6-7H2. The molecule has 2 aromatic rings. The number of aryl methyl sites for hydroxylation is 1. The normalized spacial score (nSPS) is 10.6. The Kier molecular flexibility index (Phi) is 2.55. The lowest BCUT2D eigenvalue weighted by molar-refractivity contribution is 0.392. The highest BCUT2D eigenvalue weighted by Crippen LogP contribution is 2.26. The van der Waals surface area contributed by atoms with E-state index in [0.29, 0.717) is 6.42 Å². The van der Waals surface area contributed by atoms with Crippen molar-refractivity contribution >= 4 is 21.4 Å². The molecule has 2 rings (SSSR count). The summed E-state index contributed by atoms with van der Waals surface area (Å²) in [5.74, 6) is 0.266. The number of benzene rings is 1. The van der Waals surface area contributed by atoms with E-state index in [1.54, 1.807) is 11.3 Å². The smallest absolute Gasteiger partial charge is 0.0854 e. The van der Waals surface area contributed by atoms with Crippen LogP contribution >= 0.6 is 11.3 Å². The quantitative estimate of drug-likeness (QED) is 0.752. The van der Waals surface area contributed by atoms with Crippen LogP contribution in [0, 0.1) is 0 Å². The lowest BCUT2D eigenvalue weighted by Crippen LogP contribution is -1.82. The number of hydrogen-bond acceptors (Lipinski definition) is 2. The maximum Gasteiger partial charge on any atom is 0.0854 e. The zero-order chi connectivity index (χ0) is 9.97. The third-order valence-electron chi connectivity index (χ3n) is 2.14. The molecule has 0 atom stereocenters. The molecule has 14 heavy (non-hydrogen) atoms. The summed E-state index contributed by atoms with van der Waals surface area (Å²) in [4.78, 5) is 1.31. The Bertz CT molecular complexity index is 423. The number of thiophene rings is 1. The van der Waals surface area contributed by atoms with Gasteiger partial charge in [-0.2, -0.15) is 0 Å². The van der Waals surface area contributed by atoms with Gasteiger partial charge in [0.25, 0.3) is 0 Å². The minimum Gasteiger partial charge on any atom is -0.513 e. The summed E-state index contributed by atoms with van der Waals surface area (Å²) in [5, 5.41) is 10.3. The van der Waals surface area contributed by atoms with Gasteiger partial charge in [0.05, 0.1) is 5.76 Å². The Hall–Kier alpha value is -1.28. The number of aliphatic hydroxyl groups is 1. The second-order valence-corrected chi connectivity index (χ2v) is 4.49. The number of rotatable bonds is 3. The molecule has 0 saturated carbocycles. The first-order chi connectivity index (χ1) is 6.75. The Morgan fingerprint density at radius 3 is 2.86 bits per heavy atom. The summed E-state index contributed by atoms with van der Waals surface area (Å²) in [7, 11) is 0. The van der Waals surface area contributed by atoms with Crippen LogP contribution in [0.1, 0.15) is 11.3 Å². The molecule has 1 heterocycles. The Labute approximate surface area is 87.3 Å². The van der Waals surface area contributed by atoms with E-state index in [1.807, 2.05) is 12.1 Å². The lowest BCUT2D eigenvalue weighted by atomic mass is 10.2. The van der Waals surface area contributed by atoms with Crippen molar-refractivity contribution in [3.8, 4) is 0 Å². The minimum absolute atomic E-state index is 0.266. The summed E-state index contributed by atoms with van der Waals surface area (Å²) >= 11 is 1.79. The fourth-order valence-electron chi connectivity index (χ4n) is 1.43. The average Bonchev–Trinajstić information content (AvgIpc) is 2.57. The van der Waals surface area contributed by atoms with E-state index >= 15 is 0 Å². The van der Waals surface area contributed by atoms with Crippen LogP contribution in [0.15, 0.2) is 42.7 Å². The molecule has 1 aromatic carbocycles. The third-order valence-corrected chi connectivity index (χ3v) is 3.31. The van der Waals surface area contributed by atoms with Crippen LogP contribution in [0.25, 0.3) is 10.1 Å². The molecule has 0 amide bonds. The number of aliphatic hydroxyl groups excluding tert-OH is 1. The highest BCUT2D eigenvalue weighted by atomic mass is 32.1. The van der Waals surface area contributed by atoms with Gasteiger partial charge in [0.1, 0.15) is 0 Å². The van der Waals surface area contributed by atoms with Gasteiger partial charge in [-0.1, -0.05) is 24.8 Å². The van der Waals surface area contributed by atoms with Crippen molar-refractivity contribution in [1.82, 2.24) is 0 Å². The van der Waals surface area contributed by atoms with Gasteiger partial charge in [-0.3, -0.25) is 0 Å². The maximum absolute atomic E-state index is 9.00. The molecule has 2 heteroatoms. The first-order valence-electron chi connectivity index (χ1n) is 4.60. The lowest BCUT2D eigenvalue weighted by Gasteiger charge is -1.93. The largest absolute Gasteiger partial charge is 0.513 e. The van der Waals surface area contributed by atoms with Crippen LogP contribution in [0.5, 0.6) is 0 Å². The van der Waals surface area contributed by atoms with Crippen LogP contribution in [-0.2, 0) is 6.42 Å². The van der Waals surface area contributed by atoms with Crippen molar-refractivity contribution in [2.45, 2.75) is 12.8 Å². The molecule has 72 valence electrons. The fourth-order valence-corrected chi connectivity index (χ4v) is 2.49. The predicted molar refractivity (Wildman–Crippen MR) is 61.9 cm³/mol. The van der Waals surface area contributed by atoms with Crippen molar-refractivity contribution < 1.29 is 5.11 Å². The van der Waals surface area contributed by atoms with E-state index in [1.165, 1.54) is 15.0 Å². The second-order valence-electron chi connectivity index (χ2n) is 3.32. The molecule has 0 saturated heterocycles. The number of hydrogen-bond donors (Lipinski definition) is 1. The van der Waals surface area contributed by atoms with Gasteiger partial charge in [-0.15, -0.1) is 11.3 Å². The summed E-state index contributed by atoms with van der Waals surface area (Å²) in [6, 6.07) is 10.5. The van der Waals surface area contributed by atoms with Gasteiger partial charge in [0.15, 0.2) is 0 Å². The van der Waals surface area contributed by atoms with Crippen LogP contribution in [0.4, 0.5) is 0 Å². The SMILES string of the molecule is C=C(O)CCc1cc2ccccc2s1. The molecule has 0 aliphatic rings. The molecule has 1 aromatic heterocycles. The predicted octanol–water partition coefficient (Wildman–Crippen LogP) is 3.91. The molecule has 1 nitrogen and oxygen atoms in total. The minimum atomic E-state index is 0.266. The molecule has 0 aliphatic carbocycles. The zero-order valence-electron chi connectivity index (χ0n) is 7.86. The van der Waals surface area contributed by atoms with Crippen molar-refractivity contribution in [1.29, 1.82) is 0 Å². The summed E-state index contributed by atoms with van der Waals surface area (Å²) in [6.07, 6.45) is 1.54. The Morgan fingerprint density at radius 2 is 2.14 bits per heavy atom. The van der Waals surface area contributed by atoms with E-state index < -0.39 is 0 Å². The van der Waals surface area contributed by atoms with Gasteiger partial charge in [-0.25, -0.2) is 0 Å². The second kappa shape index (κ2) is 3.84. The summed E-state index contributed by atoms with van der Waals surface area (Å²) < 4.78 is 1.31. The van der Waals surface area contributed by atoms with Gasteiger partial charge in [0.2, 0.25) is 0 Å². The van der Waals surface area contributed by atoms with E-state index in [9.17, 15) is 0 Å². The molecule has 0 unspecified atom stereocenters. The van der Waals surface area contributed by atoms with Gasteiger partial charge in [-0.05, 0) is 23.9 Å². The van der Waals surface area contributed by atoms with Crippen LogP contribution in [0.2, 0.25) is 0 Å². The van der Waals surface area contributed by atoms with Crippen LogP contribution in [0.3, 0.4) is 0 Å². The molecule has 0 aliphatic heterocycles. The molecular weight excluding hydrogens is 192 g/mol. The van der Waals surface area contributed by atoms with Gasteiger partial charge in [0, 0.05) is 16.0 Å². The van der Waals surface area contributed by atoms with Gasteiger partial charge >= 0.3 is 0 Å². The van der Waals surface area contributed by atoms with Crippen LogP contribution < -0.4 is 0 Å². The van der Waals surface area contributed by atoms with Crippen molar-refractivity contribution in [3.05, 3.63) is 47.5 Å². The Morgan fingerprint density at radius 1 is 1.36 bits per heavy atom. The fraction of sp³-hybridized carbons (Fsp3) is 0.167. The first-order valence-corrected chi connectivity index (χ1v) is 5.41. The van der Waals surface area contributed by atoms with Gasteiger partial charge < -0.3 is 5.11 Å². The van der Waals surface area contributed by atoms with Crippen LogP contribution in [-0.4, -0.2) is 5.11 Å². The molecule has 0 bridgehead atoms. The monoisotopic (exact) mass is 204 g/mol. The average molecular weight is 204 g/mol. The van der Waals surface area contributed by atoms with Crippen molar-refractivity contribution in [3.63, 3.8) is 0 Å². The molecule has 0 radical (unpaired) electrons. The number of fused-ring (bicyclic) bond motifs is 1. The van der Waals surface area contributed by atoms with E-state index in [0.717, 1.165) is 6.42 Å². The topological polar surface area (TPSA) is 20.2 Å². The van der Waals surface area contributed by atoms with E-state index in [4.69, 9.17) is 5.11 Å². The summed E-state index contributed by atoms with van der Waals surface area (Å²) in [5.41, 5.74) is 0. The molecule has 0 fully saturated rings. The van der Waals surface area contributed by atoms with Crippen molar-refractivity contribution in [2.24, 2.45) is 0 Å². The molecule has 0 spiro atoms. The third kappa shape index (κ3) is 1.96. The highest BCUT2D eigenvalue weighted by molar-refractivity contribution is 7.19. The summed E-state index contributed by atoms with van der Waals surface area (Å²) in [6.45, 7) is 3.48. The first kappa shape index (κ1) is 9.28. The molecular formula is C12H12OS. The highest BCUT2D eigenvalue weighted by Gasteiger charge is 2.01. The zero-order valence-corrected chi connectivity index (χ0v) is 8.68. The van der Waals surface area contributed by atoms with E-state index in [2.05, 4.69) is 24.8 Å². The number of allylic oxidation sites excluding steroid dienone is 1. The molecule has 1 N–H and O–H groups in total. The Balaban J connectivity index is 2.22. The van der Waals surface area contributed by atoms with E-state index in [-0.39, 0.29) is 5.76 Å². The van der Waals surface area contributed by atoms with Crippen molar-refractivity contribution in [2.75, 3.05) is 0 Å².